The normalized spacial score (nSPS) is 13.8. The smallest absolute Gasteiger partial charge is 0.220 e. The van der Waals surface area contributed by atoms with Gasteiger partial charge in [-0.2, -0.15) is 0 Å². The predicted molar refractivity (Wildman–Crippen MR) is 84.7 cm³/mol. The molecule has 1 aromatic carbocycles. The van der Waals surface area contributed by atoms with Crippen LogP contribution in [0.2, 0.25) is 5.02 Å². The molecule has 0 aliphatic rings. The van der Waals surface area contributed by atoms with Gasteiger partial charge in [0.2, 0.25) is 5.91 Å². The topological polar surface area (TPSA) is 55.1 Å². The molecule has 0 spiro atoms. The Morgan fingerprint density at radius 1 is 1.30 bits per heavy atom. The van der Waals surface area contributed by atoms with E-state index in [0.717, 1.165) is 24.8 Å². The number of benzene rings is 1. The van der Waals surface area contributed by atoms with Gasteiger partial charge in [0.05, 0.1) is 6.04 Å². The van der Waals surface area contributed by atoms with Crippen LogP contribution in [0.25, 0.3) is 0 Å². The number of nitrogens with one attached hydrogen (secondary N) is 1. The van der Waals surface area contributed by atoms with Crippen molar-refractivity contribution in [3.8, 4) is 0 Å². The molecule has 3 nitrogen and oxygen atoms in total. The molecule has 20 heavy (non-hydrogen) atoms. The quantitative estimate of drug-likeness (QED) is 0.769. The van der Waals surface area contributed by atoms with Crippen molar-refractivity contribution in [2.45, 2.75) is 45.6 Å². The molecule has 0 aromatic heterocycles. The molecule has 0 heterocycles. The number of amides is 1. The Bertz CT molecular complexity index is 405. The van der Waals surface area contributed by atoms with Crippen LogP contribution in [0.15, 0.2) is 24.3 Å². The average Bonchev–Trinajstić information content (AvgIpc) is 2.44. The Balaban J connectivity index is 2.39. The minimum Gasteiger partial charge on any atom is -0.350 e. The third-order valence-corrected chi connectivity index (χ3v) is 3.93. The lowest BCUT2D eigenvalue weighted by atomic mass is 9.96. The van der Waals surface area contributed by atoms with E-state index in [1.807, 2.05) is 31.2 Å². The lowest BCUT2D eigenvalue weighted by Gasteiger charge is -2.16. The molecule has 0 bridgehead atoms. The summed E-state index contributed by atoms with van der Waals surface area (Å²) in [5, 5.41) is 3.73. The van der Waals surface area contributed by atoms with Gasteiger partial charge >= 0.3 is 0 Å². The Kier molecular flexibility index (Phi) is 7.63. The van der Waals surface area contributed by atoms with E-state index >= 15 is 0 Å². The molecule has 0 aliphatic carbocycles. The van der Waals surface area contributed by atoms with Gasteiger partial charge in [-0.1, -0.05) is 37.1 Å². The maximum atomic E-state index is 11.9. The van der Waals surface area contributed by atoms with Crippen molar-refractivity contribution >= 4 is 17.5 Å². The lowest BCUT2D eigenvalue weighted by molar-refractivity contribution is -0.122. The van der Waals surface area contributed by atoms with Crippen molar-refractivity contribution in [3.63, 3.8) is 0 Å². The second-order valence-electron chi connectivity index (χ2n) is 5.23. The summed E-state index contributed by atoms with van der Waals surface area (Å²) in [4.78, 5) is 11.9. The van der Waals surface area contributed by atoms with Crippen LogP contribution < -0.4 is 11.1 Å². The number of hydrogen-bond acceptors (Lipinski definition) is 2. The van der Waals surface area contributed by atoms with E-state index < -0.39 is 0 Å². The number of halogens is 1. The zero-order valence-electron chi connectivity index (χ0n) is 12.4. The Morgan fingerprint density at radius 3 is 2.50 bits per heavy atom. The van der Waals surface area contributed by atoms with Crippen molar-refractivity contribution in [2.75, 3.05) is 6.54 Å². The summed E-state index contributed by atoms with van der Waals surface area (Å²) in [5.41, 5.74) is 6.64. The van der Waals surface area contributed by atoms with E-state index in [1.54, 1.807) is 0 Å². The van der Waals surface area contributed by atoms with E-state index in [0.29, 0.717) is 23.9 Å². The average molecular weight is 297 g/mol. The van der Waals surface area contributed by atoms with Gasteiger partial charge < -0.3 is 11.1 Å². The Hall–Kier alpha value is -1.06. The van der Waals surface area contributed by atoms with Gasteiger partial charge in [-0.25, -0.2) is 0 Å². The first-order chi connectivity index (χ1) is 9.56. The van der Waals surface area contributed by atoms with Crippen LogP contribution in [0.3, 0.4) is 0 Å². The van der Waals surface area contributed by atoms with E-state index in [4.69, 9.17) is 17.3 Å². The SMILES string of the molecule is CCC(CCN)CCC(=O)N[C@H](C)c1ccc(Cl)cc1. The highest BCUT2D eigenvalue weighted by molar-refractivity contribution is 6.30. The number of nitrogens with two attached hydrogens (primary N) is 1. The van der Waals surface area contributed by atoms with Gasteiger partial charge in [0.15, 0.2) is 0 Å². The van der Waals surface area contributed by atoms with Crippen LogP contribution in [0.1, 0.15) is 51.1 Å². The summed E-state index contributed by atoms with van der Waals surface area (Å²) in [6.45, 7) is 4.83. The van der Waals surface area contributed by atoms with Crippen LogP contribution in [0, 0.1) is 5.92 Å². The summed E-state index contributed by atoms with van der Waals surface area (Å²) in [7, 11) is 0. The van der Waals surface area contributed by atoms with Crippen molar-refractivity contribution in [2.24, 2.45) is 11.7 Å². The maximum absolute atomic E-state index is 11.9. The molecule has 1 amide bonds. The maximum Gasteiger partial charge on any atom is 0.220 e. The van der Waals surface area contributed by atoms with Crippen LogP contribution >= 0.6 is 11.6 Å². The standard InChI is InChI=1S/C16H25ClN2O/c1-3-13(10-11-18)4-9-16(20)19-12(2)14-5-7-15(17)8-6-14/h5-8,12-13H,3-4,9-11,18H2,1-2H3,(H,19,20)/t12-,13?/m1/s1. The number of hydrogen-bond donors (Lipinski definition) is 2. The number of carbonyl (C=O) groups is 1. The van der Waals surface area contributed by atoms with Gasteiger partial charge in [0, 0.05) is 11.4 Å². The van der Waals surface area contributed by atoms with E-state index in [9.17, 15) is 4.79 Å². The van der Waals surface area contributed by atoms with E-state index in [2.05, 4.69) is 12.2 Å². The fourth-order valence-corrected chi connectivity index (χ4v) is 2.40. The van der Waals surface area contributed by atoms with Crippen LogP contribution in [-0.4, -0.2) is 12.5 Å². The van der Waals surface area contributed by atoms with Gasteiger partial charge in [-0.3, -0.25) is 4.79 Å². The summed E-state index contributed by atoms with van der Waals surface area (Å²) >= 11 is 5.85. The summed E-state index contributed by atoms with van der Waals surface area (Å²) in [6.07, 6.45) is 3.55. The Labute approximate surface area is 126 Å². The summed E-state index contributed by atoms with van der Waals surface area (Å²) < 4.78 is 0. The Morgan fingerprint density at radius 2 is 1.95 bits per heavy atom. The zero-order chi connectivity index (χ0) is 15.0. The largest absolute Gasteiger partial charge is 0.350 e. The fraction of sp³-hybridized carbons (Fsp3) is 0.562. The fourth-order valence-electron chi connectivity index (χ4n) is 2.27. The third-order valence-electron chi connectivity index (χ3n) is 3.68. The molecule has 2 atom stereocenters. The minimum absolute atomic E-state index is 0.00866. The molecular weight excluding hydrogens is 272 g/mol. The minimum atomic E-state index is 0.00866. The van der Waals surface area contributed by atoms with Gasteiger partial charge in [0.25, 0.3) is 0 Å². The molecular formula is C16H25ClN2O. The second-order valence-corrected chi connectivity index (χ2v) is 5.67. The van der Waals surface area contributed by atoms with E-state index in [1.165, 1.54) is 0 Å². The summed E-state index contributed by atoms with van der Waals surface area (Å²) in [6, 6.07) is 7.57. The first-order valence-corrected chi connectivity index (χ1v) is 7.69. The van der Waals surface area contributed by atoms with Crippen LogP contribution in [0.4, 0.5) is 0 Å². The lowest BCUT2D eigenvalue weighted by Crippen LogP contribution is -2.27. The van der Waals surface area contributed by atoms with Crippen molar-refractivity contribution in [3.05, 3.63) is 34.9 Å². The van der Waals surface area contributed by atoms with Crippen LogP contribution in [-0.2, 0) is 4.79 Å². The molecule has 1 aromatic rings. The molecule has 0 saturated carbocycles. The molecule has 1 unspecified atom stereocenters. The third kappa shape index (κ3) is 5.93. The predicted octanol–water partition coefficient (Wildman–Crippen LogP) is 3.67. The first kappa shape index (κ1) is 17.0. The van der Waals surface area contributed by atoms with Crippen molar-refractivity contribution in [1.29, 1.82) is 0 Å². The van der Waals surface area contributed by atoms with Crippen molar-refractivity contribution < 1.29 is 4.79 Å². The second kappa shape index (κ2) is 8.98. The molecule has 0 saturated heterocycles. The van der Waals surface area contributed by atoms with Crippen molar-refractivity contribution in [1.82, 2.24) is 5.32 Å². The molecule has 0 aliphatic heterocycles. The highest BCUT2D eigenvalue weighted by Gasteiger charge is 2.12. The molecule has 0 radical (unpaired) electrons. The zero-order valence-corrected chi connectivity index (χ0v) is 13.1. The first-order valence-electron chi connectivity index (χ1n) is 7.31. The van der Waals surface area contributed by atoms with E-state index in [-0.39, 0.29) is 11.9 Å². The highest BCUT2D eigenvalue weighted by atomic mass is 35.5. The monoisotopic (exact) mass is 296 g/mol. The molecule has 4 heteroatoms. The number of carbonyl (C=O) groups excluding carboxylic acids is 1. The summed E-state index contributed by atoms with van der Waals surface area (Å²) in [5.74, 6) is 0.652. The highest BCUT2D eigenvalue weighted by Crippen LogP contribution is 2.17. The number of rotatable bonds is 8. The van der Waals surface area contributed by atoms with Gasteiger partial charge in [-0.15, -0.1) is 0 Å². The molecule has 0 fully saturated rings. The van der Waals surface area contributed by atoms with Crippen LogP contribution in [0.5, 0.6) is 0 Å². The van der Waals surface area contributed by atoms with Gasteiger partial charge in [0.1, 0.15) is 0 Å². The van der Waals surface area contributed by atoms with Gasteiger partial charge in [-0.05, 0) is 49.9 Å². The molecule has 1 rings (SSSR count). The molecule has 3 N–H and O–H groups in total. The molecule has 112 valence electrons.